The second-order valence-corrected chi connectivity index (χ2v) is 6.24. The Balaban J connectivity index is 1.56. The molecule has 1 heterocycles. The van der Waals surface area contributed by atoms with Crippen molar-refractivity contribution in [2.45, 2.75) is 0 Å². The number of rotatable bonds is 4. The molecule has 1 aliphatic rings. The summed E-state index contributed by atoms with van der Waals surface area (Å²) >= 11 is 0. The summed E-state index contributed by atoms with van der Waals surface area (Å²) in [4.78, 5) is 38.5. The maximum absolute atomic E-state index is 12.4. The molecule has 28 heavy (non-hydrogen) atoms. The summed E-state index contributed by atoms with van der Waals surface area (Å²) in [6.45, 7) is 2.02. The minimum atomic E-state index is -0.807. The van der Waals surface area contributed by atoms with Gasteiger partial charge in [0.2, 0.25) is 0 Å². The number of amides is 2. The molecule has 2 amide bonds. The molecular formula is C19H20N4O5. The fourth-order valence-electron chi connectivity index (χ4n) is 2.99. The maximum atomic E-state index is 12.4. The molecule has 0 radical (unpaired) electrons. The maximum Gasteiger partial charge on any atom is 0.313 e. The van der Waals surface area contributed by atoms with Gasteiger partial charge in [-0.3, -0.25) is 19.7 Å². The lowest BCUT2D eigenvalue weighted by Crippen LogP contribution is -2.51. The molecule has 0 spiro atoms. The van der Waals surface area contributed by atoms with Gasteiger partial charge in [-0.2, -0.15) is 0 Å². The van der Waals surface area contributed by atoms with Crippen molar-refractivity contribution in [3.63, 3.8) is 0 Å². The highest BCUT2D eigenvalue weighted by atomic mass is 16.6. The summed E-state index contributed by atoms with van der Waals surface area (Å²) in [6.07, 6.45) is 0. The van der Waals surface area contributed by atoms with Crippen molar-refractivity contribution in [1.29, 1.82) is 0 Å². The van der Waals surface area contributed by atoms with Crippen LogP contribution in [0.1, 0.15) is 0 Å². The summed E-state index contributed by atoms with van der Waals surface area (Å²) in [5.41, 5.74) is 1.08. The molecular weight excluding hydrogens is 364 g/mol. The van der Waals surface area contributed by atoms with Crippen LogP contribution in [0.2, 0.25) is 0 Å². The predicted molar refractivity (Wildman–Crippen MR) is 104 cm³/mol. The van der Waals surface area contributed by atoms with E-state index in [2.05, 4.69) is 10.2 Å². The van der Waals surface area contributed by atoms with Gasteiger partial charge in [0.05, 0.1) is 12.0 Å². The third kappa shape index (κ3) is 4.37. The van der Waals surface area contributed by atoms with Gasteiger partial charge >= 0.3 is 11.8 Å². The Morgan fingerprint density at radius 1 is 1.07 bits per heavy atom. The summed E-state index contributed by atoms with van der Waals surface area (Å²) in [7, 11) is 1.61. The molecule has 0 unspecified atom stereocenters. The Kier molecular flexibility index (Phi) is 5.73. The van der Waals surface area contributed by atoms with E-state index in [0.29, 0.717) is 26.2 Å². The second kappa shape index (κ2) is 8.38. The number of methoxy groups -OCH3 is 1. The van der Waals surface area contributed by atoms with Crippen LogP contribution < -0.4 is 15.0 Å². The quantitative estimate of drug-likeness (QED) is 0.490. The zero-order valence-electron chi connectivity index (χ0n) is 15.3. The number of nitro groups is 1. The topological polar surface area (TPSA) is 105 Å². The zero-order chi connectivity index (χ0) is 20.1. The SMILES string of the molecule is COc1ccc(N2CCN(C(=O)C(=O)Nc3cccc([N+](=O)[O-])c3)CC2)cc1. The van der Waals surface area contributed by atoms with Crippen molar-refractivity contribution in [2.75, 3.05) is 43.5 Å². The van der Waals surface area contributed by atoms with E-state index in [-0.39, 0.29) is 11.4 Å². The largest absolute Gasteiger partial charge is 0.497 e. The molecule has 1 aliphatic heterocycles. The average molecular weight is 384 g/mol. The highest BCUT2D eigenvalue weighted by molar-refractivity contribution is 6.39. The van der Waals surface area contributed by atoms with Crippen LogP contribution in [0.3, 0.4) is 0 Å². The number of benzene rings is 2. The Hall–Kier alpha value is -3.62. The van der Waals surface area contributed by atoms with E-state index in [9.17, 15) is 19.7 Å². The molecule has 9 nitrogen and oxygen atoms in total. The molecule has 0 bridgehead atoms. The third-order valence-corrected chi connectivity index (χ3v) is 4.51. The van der Waals surface area contributed by atoms with Crippen molar-refractivity contribution in [2.24, 2.45) is 0 Å². The minimum Gasteiger partial charge on any atom is -0.497 e. The van der Waals surface area contributed by atoms with Crippen LogP contribution in [-0.4, -0.2) is 54.9 Å². The van der Waals surface area contributed by atoms with Crippen molar-refractivity contribution >= 4 is 28.9 Å². The molecule has 2 aromatic carbocycles. The van der Waals surface area contributed by atoms with E-state index >= 15 is 0 Å². The van der Waals surface area contributed by atoms with E-state index < -0.39 is 16.7 Å². The first-order chi connectivity index (χ1) is 13.5. The number of nitrogens with one attached hydrogen (secondary N) is 1. The van der Waals surface area contributed by atoms with Crippen molar-refractivity contribution in [3.05, 3.63) is 58.6 Å². The van der Waals surface area contributed by atoms with Crippen LogP contribution >= 0.6 is 0 Å². The number of carbonyl (C=O) groups excluding carboxylic acids is 2. The van der Waals surface area contributed by atoms with Crippen molar-refractivity contribution in [3.8, 4) is 5.75 Å². The standard InChI is InChI=1S/C19H20N4O5/c1-28-17-7-5-15(6-8-17)21-9-11-22(12-10-21)19(25)18(24)20-14-3-2-4-16(13-14)23(26)27/h2-8,13H,9-12H2,1H3,(H,20,24). The number of non-ortho nitro benzene ring substituents is 1. The number of nitrogens with zero attached hydrogens (tertiary/aromatic N) is 3. The highest BCUT2D eigenvalue weighted by Gasteiger charge is 2.26. The number of nitro benzene ring substituents is 1. The van der Waals surface area contributed by atoms with Gasteiger partial charge in [-0.05, 0) is 30.3 Å². The predicted octanol–water partition coefficient (Wildman–Crippen LogP) is 1.89. The van der Waals surface area contributed by atoms with Gasteiger partial charge in [0.15, 0.2) is 0 Å². The molecule has 0 aliphatic carbocycles. The Bertz CT molecular complexity index is 876. The molecule has 2 aromatic rings. The summed E-state index contributed by atoms with van der Waals surface area (Å²) in [5.74, 6) is -0.685. The Morgan fingerprint density at radius 2 is 1.75 bits per heavy atom. The number of ether oxygens (including phenoxy) is 1. The van der Waals surface area contributed by atoms with E-state index in [4.69, 9.17) is 4.74 Å². The first kappa shape index (κ1) is 19.2. The van der Waals surface area contributed by atoms with E-state index in [0.717, 1.165) is 11.4 Å². The lowest BCUT2D eigenvalue weighted by atomic mass is 10.2. The van der Waals surface area contributed by atoms with Crippen LogP contribution in [0, 0.1) is 10.1 Å². The van der Waals surface area contributed by atoms with Gasteiger partial charge in [-0.25, -0.2) is 0 Å². The van der Waals surface area contributed by atoms with Crippen molar-refractivity contribution < 1.29 is 19.2 Å². The second-order valence-electron chi connectivity index (χ2n) is 6.24. The molecule has 146 valence electrons. The zero-order valence-corrected chi connectivity index (χ0v) is 15.3. The molecule has 1 N–H and O–H groups in total. The van der Waals surface area contributed by atoms with Gasteiger partial charge in [0, 0.05) is 49.7 Å². The lowest BCUT2D eigenvalue weighted by molar-refractivity contribution is -0.384. The number of hydrogen-bond donors (Lipinski definition) is 1. The van der Waals surface area contributed by atoms with Crippen LogP contribution in [0.15, 0.2) is 48.5 Å². The Labute approximate surface area is 161 Å². The van der Waals surface area contributed by atoms with Crippen LogP contribution in [-0.2, 0) is 9.59 Å². The molecule has 0 atom stereocenters. The first-order valence-corrected chi connectivity index (χ1v) is 8.71. The summed E-state index contributed by atoms with van der Waals surface area (Å²) in [5, 5.41) is 13.2. The fraction of sp³-hybridized carbons (Fsp3) is 0.263. The Morgan fingerprint density at radius 3 is 2.36 bits per heavy atom. The summed E-state index contributed by atoms with van der Waals surface area (Å²) < 4.78 is 5.15. The molecule has 9 heteroatoms. The first-order valence-electron chi connectivity index (χ1n) is 8.71. The van der Waals surface area contributed by atoms with Crippen molar-refractivity contribution in [1.82, 2.24) is 4.90 Å². The van der Waals surface area contributed by atoms with Gasteiger partial charge in [0.1, 0.15) is 5.75 Å². The highest BCUT2D eigenvalue weighted by Crippen LogP contribution is 2.21. The van der Waals surface area contributed by atoms with Gasteiger partial charge in [-0.15, -0.1) is 0 Å². The van der Waals surface area contributed by atoms with E-state index in [1.165, 1.54) is 29.2 Å². The molecule has 3 rings (SSSR count). The number of anilines is 2. The van der Waals surface area contributed by atoms with Gasteiger partial charge < -0.3 is 19.9 Å². The molecule has 0 aromatic heterocycles. The third-order valence-electron chi connectivity index (χ3n) is 4.51. The van der Waals surface area contributed by atoms with Crippen LogP contribution in [0.5, 0.6) is 5.75 Å². The van der Waals surface area contributed by atoms with Crippen LogP contribution in [0.25, 0.3) is 0 Å². The normalized spacial score (nSPS) is 13.8. The van der Waals surface area contributed by atoms with E-state index in [1.807, 2.05) is 24.3 Å². The smallest absolute Gasteiger partial charge is 0.313 e. The van der Waals surface area contributed by atoms with Crippen LogP contribution in [0.4, 0.5) is 17.1 Å². The molecule has 1 fully saturated rings. The number of carbonyl (C=O) groups is 2. The number of hydrogen-bond acceptors (Lipinski definition) is 6. The fourth-order valence-corrected chi connectivity index (χ4v) is 2.99. The molecule has 0 saturated carbocycles. The van der Waals surface area contributed by atoms with Gasteiger partial charge in [-0.1, -0.05) is 6.07 Å². The number of piperazine rings is 1. The van der Waals surface area contributed by atoms with Gasteiger partial charge in [0.25, 0.3) is 5.69 Å². The molecule has 1 saturated heterocycles. The summed E-state index contributed by atoms with van der Waals surface area (Å²) in [6, 6.07) is 13.1. The van der Waals surface area contributed by atoms with E-state index in [1.54, 1.807) is 7.11 Å². The average Bonchev–Trinajstić information content (AvgIpc) is 2.73. The lowest BCUT2D eigenvalue weighted by Gasteiger charge is -2.35. The monoisotopic (exact) mass is 384 g/mol. The minimum absolute atomic E-state index is 0.154.